The summed E-state index contributed by atoms with van der Waals surface area (Å²) in [7, 11) is 0. The first-order valence-corrected chi connectivity index (χ1v) is 15.6. The van der Waals surface area contributed by atoms with Crippen molar-refractivity contribution in [3.8, 4) is 11.4 Å². The van der Waals surface area contributed by atoms with E-state index in [9.17, 15) is 19.2 Å². The number of ether oxygens (including phenoxy) is 2. The van der Waals surface area contributed by atoms with Gasteiger partial charge in [0.2, 0.25) is 5.91 Å². The van der Waals surface area contributed by atoms with Crippen LogP contribution >= 0.6 is 0 Å². The first kappa shape index (κ1) is 32.0. The van der Waals surface area contributed by atoms with Crippen molar-refractivity contribution in [2.24, 2.45) is 17.3 Å². The topological polar surface area (TPSA) is 154 Å². The van der Waals surface area contributed by atoms with E-state index in [1.165, 1.54) is 0 Å². The summed E-state index contributed by atoms with van der Waals surface area (Å²) >= 11 is 0. The van der Waals surface area contributed by atoms with Crippen molar-refractivity contribution in [1.82, 2.24) is 25.1 Å². The van der Waals surface area contributed by atoms with E-state index in [2.05, 4.69) is 10.3 Å². The zero-order chi connectivity index (χ0) is 32.3. The van der Waals surface area contributed by atoms with E-state index in [-0.39, 0.29) is 35.6 Å². The van der Waals surface area contributed by atoms with E-state index in [1.807, 2.05) is 62.9 Å². The lowest BCUT2D eigenvalue weighted by molar-refractivity contribution is -0.137. The second-order valence-electron chi connectivity index (χ2n) is 12.9. The van der Waals surface area contributed by atoms with Gasteiger partial charge in [0, 0.05) is 62.7 Å². The molecule has 1 unspecified atom stereocenters. The Balaban J connectivity index is 1.30. The van der Waals surface area contributed by atoms with Gasteiger partial charge in [-0.25, -0.2) is 19.6 Å². The van der Waals surface area contributed by atoms with Crippen LogP contribution in [0, 0.1) is 17.3 Å². The van der Waals surface area contributed by atoms with Crippen molar-refractivity contribution in [3.05, 3.63) is 42.1 Å². The quantitative estimate of drug-likeness (QED) is 0.314. The predicted octanol–water partition coefficient (Wildman–Crippen LogP) is 3.50. The molecule has 13 heteroatoms. The molecule has 0 spiro atoms. The molecule has 1 aliphatic carbocycles. The minimum atomic E-state index is -1.27. The van der Waals surface area contributed by atoms with E-state index >= 15 is 0 Å². The number of carbonyl (C=O) groups excluding carboxylic acids is 3. The molecule has 45 heavy (non-hydrogen) atoms. The molecule has 3 amide bonds. The number of hydrogen-bond acceptors (Lipinski definition) is 9. The van der Waals surface area contributed by atoms with Crippen molar-refractivity contribution in [2.75, 3.05) is 50.8 Å². The Hall–Kier alpha value is -4.42. The zero-order valence-corrected chi connectivity index (χ0v) is 26.3. The molecule has 2 aliphatic heterocycles. The molecule has 2 saturated heterocycles. The number of anilines is 1. The van der Waals surface area contributed by atoms with Gasteiger partial charge in [-0.2, -0.15) is 0 Å². The number of benzene rings is 1. The molecule has 0 bridgehead atoms. The molecule has 1 aromatic heterocycles. The lowest BCUT2D eigenvalue weighted by Gasteiger charge is -2.39. The fraction of sp³-hybridized carbons (Fsp3) is 0.562. The first-order valence-electron chi connectivity index (χ1n) is 15.6. The van der Waals surface area contributed by atoms with E-state index in [0.717, 1.165) is 18.4 Å². The molecule has 4 atom stereocenters. The van der Waals surface area contributed by atoms with E-state index < -0.39 is 23.5 Å². The van der Waals surface area contributed by atoms with Gasteiger partial charge in [0.25, 0.3) is 5.91 Å². The van der Waals surface area contributed by atoms with Gasteiger partial charge in [0.05, 0.1) is 6.61 Å². The highest BCUT2D eigenvalue weighted by Crippen LogP contribution is 2.48. The Morgan fingerprint density at radius 2 is 1.64 bits per heavy atom. The molecule has 2 aromatic rings. The smallest absolute Gasteiger partial charge is 0.450 e. The number of nitrogens with zero attached hydrogens (tertiary/aromatic N) is 5. The summed E-state index contributed by atoms with van der Waals surface area (Å²) in [5.41, 5.74) is 0.245. The van der Waals surface area contributed by atoms with Crippen molar-refractivity contribution in [1.29, 1.82) is 0 Å². The van der Waals surface area contributed by atoms with Crippen LogP contribution in [0.15, 0.2) is 36.4 Å². The molecule has 13 nitrogen and oxygen atoms in total. The van der Waals surface area contributed by atoms with Crippen LogP contribution in [0.2, 0.25) is 0 Å². The second-order valence-corrected chi connectivity index (χ2v) is 12.9. The zero-order valence-electron chi connectivity index (χ0n) is 26.3. The predicted molar refractivity (Wildman–Crippen MR) is 165 cm³/mol. The van der Waals surface area contributed by atoms with E-state index in [1.54, 1.807) is 15.9 Å². The lowest BCUT2D eigenvalue weighted by Crippen LogP contribution is -2.59. The number of carbonyl (C=O) groups is 4. The Morgan fingerprint density at radius 3 is 2.24 bits per heavy atom. The van der Waals surface area contributed by atoms with Crippen LogP contribution in [0.3, 0.4) is 0 Å². The van der Waals surface area contributed by atoms with Gasteiger partial charge in [0.15, 0.2) is 5.82 Å². The summed E-state index contributed by atoms with van der Waals surface area (Å²) in [5, 5.41) is 11.9. The maximum absolute atomic E-state index is 13.8. The number of unbranched alkanes of at least 4 members (excludes halogenated alkanes) is 1. The van der Waals surface area contributed by atoms with Gasteiger partial charge < -0.3 is 34.6 Å². The molecule has 2 N–H and O–H groups in total. The van der Waals surface area contributed by atoms with E-state index in [4.69, 9.17) is 19.6 Å². The molecule has 1 aromatic carbocycles. The third kappa shape index (κ3) is 7.46. The molecule has 5 rings (SSSR count). The highest BCUT2D eigenvalue weighted by atomic mass is 16.7. The van der Waals surface area contributed by atoms with Gasteiger partial charge in [0.1, 0.15) is 23.7 Å². The molecule has 3 heterocycles. The summed E-state index contributed by atoms with van der Waals surface area (Å²) in [6.07, 6.45) is -0.223. The monoisotopic (exact) mass is 622 g/mol. The average molecular weight is 623 g/mol. The third-order valence-corrected chi connectivity index (χ3v) is 8.61. The number of fused-ring (bicyclic) bond motifs is 1. The van der Waals surface area contributed by atoms with Gasteiger partial charge in [-0.3, -0.25) is 9.59 Å². The van der Waals surface area contributed by atoms with Crippen LogP contribution in [0.25, 0.3) is 11.4 Å². The highest BCUT2D eigenvalue weighted by Gasteiger charge is 2.59. The number of hydrogen-bond donors (Lipinski definition) is 2. The van der Waals surface area contributed by atoms with Crippen molar-refractivity contribution >= 4 is 29.9 Å². The Morgan fingerprint density at radius 1 is 1.00 bits per heavy atom. The number of amides is 3. The number of piperazine rings is 1. The minimum absolute atomic E-state index is 0.0788. The van der Waals surface area contributed by atoms with E-state index in [0.29, 0.717) is 57.5 Å². The van der Waals surface area contributed by atoms with Gasteiger partial charge in [-0.1, -0.05) is 64.4 Å². The number of carboxylic acid groups (broad SMARTS) is 1. The van der Waals surface area contributed by atoms with Crippen molar-refractivity contribution in [3.63, 3.8) is 0 Å². The molecule has 1 saturated carbocycles. The third-order valence-electron chi connectivity index (χ3n) is 8.61. The van der Waals surface area contributed by atoms with Crippen molar-refractivity contribution < 1.29 is 33.8 Å². The molecule has 3 aliphatic rings. The standard InChI is InChI=1S/C32H42N6O7/c1-5-6-16-44-30(41)37-14-12-36(13-15-37)29(40)26(32(2,3)4)35-28(39)23-17-24(34-27(33-23)20-10-8-7-9-11-20)38-18-21-22(19-38)25(21)45-31(42)43/h7-11,17,21-22,25-26H,5-6,12-16,18-19H2,1-4H3,(H,35,39)(H,42,43)/t21-,22+,25?,26-/m1/s1. The SMILES string of the molecule is CCCCOC(=O)N1CCN(C(=O)[C@@H](NC(=O)c2cc(N3C[C@@H]4C(OC(=O)O)[C@@H]4C3)nc(-c3ccccc3)n2)C(C)(C)C)CC1. The normalized spacial score (nSPS) is 21.5. The summed E-state index contributed by atoms with van der Waals surface area (Å²) < 4.78 is 10.3. The molecule has 242 valence electrons. The minimum Gasteiger partial charge on any atom is -0.450 e. The van der Waals surface area contributed by atoms with Crippen LogP contribution in [-0.2, 0) is 14.3 Å². The fourth-order valence-electron chi connectivity index (χ4n) is 5.92. The number of aromatic nitrogens is 2. The summed E-state index contributed by atoms with van der Waals surface area (Å²) in [6.45, 7) is 10.6. The molecule has 3 fully saturated rings. The Kier molecular flexibility index (Phi) is 9.45. The molecular formula is C32H42N6O7. The maximum atomic E-state index is 13.8. The molecule has 0 radical (unpaired) electrons. The van der Waals surface area contributed by atoms with Crippen LogP contribution in [0.5, 0.6) is 0 Å². The second kappa shape index (κ2) is 13.3. The number of rotatable bonds is 9. The number of piperidine rings is 1. The van der Waals surface area contributed by atoms with Crippen molar-refractivity contribution in [2.45, 2.75) is 52.7 Å². The van der Waals surface area contributed by atoms with Crippen LogP contribution in [0.4, 0.5) is 15.4 Å². The number of nitrogens with one attached hydrogen (secondary N) is 1. The summed E-state index contributed by atoms with van der Waals surface area (Å²) in [6, 6.07) is 10.1. The van der Waals surface area contributed by atoms with Gasteiger partial charge >= 0.3 is 12.2 Å². The highest BCUT2D eigenvalue weighted by molar-refractivity contribution is 5.97. The average Bonchev–Trinajstić information content (AvgIpc) is 3.43. The lowest BCUT2D eigenvalue weighted by atomic mass is 9.85. The largest absolute Gasteiger partial charge is 0.506 e. The van der Waals surface area contributed by atoms with Crippen LogP contribution in [0.1, 0.15) is 51.0 Å². The Bertz CT molecular complexity index is 1390. The maximum Gasteiger partial charge on any atom is 0.506 e. The first-order chi connectivity index (χ1) is 21.5. The Labute approximate surface area is 262 Å². The van der Waals surface area contributed by atoms with Gasteiger partial charge in [-0.15, -0.1) is 0 Å². The van der Waals surface area contributed by atoms with Gasteiger partial charge in [-0.05, 0) is 11.8 Å². The fourth-order valence-corrected chi connectivity index (χ4v) is 5.92. The van der Waals surface area contributed by atoms with Crippen LogP contribution < -0.4 is 10.2 Å². The molecular weight excluding hydrogens is 580 g/mol. The summed E-state index contributed by atoms with van der Waals surface area (Å²) in [5.74, 6) is 0.356. The summed E-state index contributed by atoms with van der Waals surface area (Å²) in [4.78, 5) is 65.6. The van der Waals surface area contributed by atoms with Crippen LogP contribution in [-0.4, -0.2) is 107 Å².